The first-order chi connectivity index (χ1) is 12.7. The average molecular weight is 366 g/mol. The van der Waals surface area contributed by atoms with Crippen LogP contribution < -0.4 is 10.6 Å². The number of carbonyl (C=O) groups excluding carboxylic acids is 1. The van der Waals surface area contributed by atoms with Gasteiger partial charge in [0.1, 0.15) is 5.56 Å². The lowest BCUT2D eigenvalue weighted by Gasteiger charge is -2.14. The Balaban J connectivity index is 1.91. The predicted molar refractivity (Wildman–Crippen MR) is 106 cm³/mol. The first-order valence-electron chi connectivity index (χ1n) is 8.12. The molecule has 3 aromatic rings. The Morgan fingerprint density at radius 2 is 1.73 bits per heavy atom. The Morgan fingerprint density at radius 1 is 1.08 bits per heavy atom. The van der Waals surface area contributed by atoms with Gasteiger partial charge in [-0.15, -0.1) is 0 Å². The van der Waals surface area contributed by atoms with Crippen molar-refractivity contribution in [1.29, 1.82) is 0 Å². The molecule has 0 radical (unpaired) electrons. The molecule has 0 saturated heterocycles. The van der Waals surface area contributed by atoms with Gasteiger partial charge in [-0.05, 0) is 43.4 Å². The minimum Gasteiger partial charge on any atom is -0.462 e. The Hall–Kier alpha value is -3.19. The van der Waals surface area contributed by atoms with Crippen LogP contribution in [0.15, 0.2) is 66.9 Å². The number of nitrogens with zero attached hydrogens (tertiary/aromatic N) is 2. The number of rotatable bonds is 5. The van der Waals surface area contributed by atoms with Crippen LogP contribution >= 0.6 is 12.2 Å². The molecule has 0 atom stereocenters. The maximum Gasteiger partial charge on any atom is 0.343 e. The van der Waals surface area contributed by atoms with Gasteiger partial charge in [0.2, 0.25) is 0 Å². The molecule has 1 aromatic heterocycles. The number of ether oxygens (including phenoxy) is 1. The number of anilines is 2. The average Bonchev–Trinajstić information content (AvgIpc) is 3.07. The predicted octanol–water partition coefficient (Wildman–Crippen LogP) is 3.86. The molecule has 6 nitrogen and oxygen atoms in total. The summed E-state index contributed by atoms with van der Waals surface area (Å²) >= 11 is 5.39. The Bertz CT molecular complexity index is 894. The largest absolute Gasteiger partial charge is 0.462 e. The van der Waals surface area contributed by atoms with Gasteiger partial charge in [0, 0.05) is 5.69 Å². The van der Waals surface area contributed by atoms with Crippen molar-refractivity contribution in [3.8, 4) is 5.69 Å². The highest BCUT2D eigenvalue weighted by atomic mass is 32.1. The molecule has 2 aromatic carbocycles. The smallest absolute Gasteiger partial charge is 0.343 e. The van der Waals surface area contributed by atoms with Crippen molar-refractivity contribution in [2.45, 2.75) is 6.92 Å². The maximum absolute atomic E-state index is 12.3. The molecule has 0 saturated carbocycles. The van der Waals surface area contributed by atoms with Gasteiger partial charge in [-0.1, -0.05) is 36.4 Å². The third-order valence-corrected chi connectivity index (χ3v) is 3.73. The van der Waals surface area contributed by atoms with E-state index in [2.05, 4.69) is 15.7 Å². The van der Waals surface area contributed by atoms with E-state index in [0.29, 0.717) is 16.5 Å². The number of carbonyl (C=O) groups is 1. The van der Waals surface area contributed by atoms with Gasteiger partial charge in [-0.2, -0.15) is 5.10 Å². The summed E-state index contributed by atoms with van der Waals surface area (Å²) < 4.78 is 6.74. The lowest BCUT2D eigenvalue weighted by Crippen LogP contribution is -2.22. The normalized spacial score (nSPS) is 10.2. The number of benzene rings is 2. The summed E-state index contributed by atoms with van der Waals surface area (Å²) in [5.74, 6) is -0.0113. The molecule has 0 fully saturated rings. The van der Waals surface area contributed by atoms with Crippen molar-refractivity contribution in [3.05, 3.63) is 72.4 Å². The second kappa shape index (κ2) is 8.26. The summed E-state index contributed by atoms with van der Waals surface area (Å²) in [4.78, 5) is 12.3. The van der Waals surface area contributed by atoms with E-state index in [1.807, 2.05) is 60.7 Å². The van der Waals surface area contributed by atoms with Crippen molar-refractivity contribution < 1.29 is 9.53 Å². The molecular weight excluding hydrogens is 348 g/mol. The molecule has 0 amide bonds. The van der Waals surface area contributed by atoms with Gasteiger partial charge < -0.3 is 15.4 Å². The van der Waals surface area contributed by atoms with Gasteiger partial charge in [-0.25, -0.2) is 9.48 Å². The van der Waals surface area contributed by atoms with E-state index in [9.17, 15) is 4.79 Å². The number of nitrogens with one attached hydrogen (secondary N) is 2. The summed E-state index contributed by atoms with van der Waals surface area (Å²) in [6.45, 7) is 2.04. The summed E-state index contributed by atoms with van der Waals surface area (Å²) in [6, 6.07) is 19.0. The molecule has 1 heterocycles. The standard InChI is InChI=1S/C19H18N4O2S/c1-2-25-18(24)16-13-20-23(15-11-7-4-8-12-15)17(16)22-19(26)21-14-9-5-3-6-10-14/h3-13H,2H2,1H3,(H2,21,22,26). The van der Waals surface area contributed by atoms with Crippen LogP contribution in [0.1, 0.15) is 17.3 Å². The van der Waals surface area contributed by atoms with Crippen LogP contribution in [0.3, 0.4) is 0 Å². The molecule has 0 spiro atoms. The maximum atomic E-state index is 12.3. The van der Waals surface area contributed by atoms with Crippen LogP contribution in [-0.4, -0.2) is 27.5 Å². The number of para-hydroxylation sites is 2. The molecular formula is C19H18N4O2S. The van der Waals surface area contributed by atoms with Crippen LogP contribution in [0.25, 0.3) is 5.69 Å². The molecule has 132 valence electrons. The van der Waals surface area contributed by atoms with Crippen molar-refractivity contribution in [3.63, 3.8) is 0 Å². The van der Waals surface area contributed by atoms with E-state index in [1.54, 1.807) is 11.6 Å². The van der Waals surface area contributed by atoms with Gasteiger partial charge in [0.25, 0.3) is 0 Å². The van der Waals surface area contributed by atoms with Crippen LogP contribution in [-0.2, 0) is 4.74 Å². The van der Waals surface area contributed by atoms with Crippen molar-refractivity contribution in [1.82, 2.24) is 9.78 Å². The molecule has 26 heavy (non-hydrogen) atoms. The van der Waals surface area contributed by atoms with Crippen LogP contribution in [0, 0.1) is 0 Å². The minimum absolute atomic E-state index is 0.279. The lowest BCUT2D eigenvalue weighted by molar-refractivity contribution is 0.0527. The molecule has 2 N–H and O–H groups in total. The van der Waals surface area contributed by atoms with Crippen molar-refractivity contribution in [2.75, 3.05) is 17.2 Å². The second-order valence-electron chi connectivity index (χ2n) is 5.32. The minimum atomic E-state index is -0.459. The van der Waals surface area contributed by atoms with E-state index < -0.39 is 5.97 Å². The first-order valence-corrected chi connectivity index (χ1v) is 8.53. The molecule has 0 bridgehead atoms. The SMILES string of the molecule is CCOC(=O)c1cnn(-c2ccccc2)c1NC(=S)Nc1ccccc1. The summed E-state index contributed by atoms with van der Waals surface area (Å²) in [5, 5.41) is 10.8. The number of hydrogen-bond acceptors (Lipinski definition) is 4. The fourth-order valence-electron chi connectivity index (χ4n) is 2.38. The summed E-state index contributed by atoms with van der Waals surface area (Å²) in [6.07, 6.45) is 1.47. The van der Waals surface area contributed by atoms with E-state index in [1.165, 1.54) is 6.20 Å². The highest BCUT2D eigenvalue weighted by Gasteiger charge is 2.20. The van der Waals surface area contributed by atoms with E-state index in [0.717, 1.165) is 11.4 Å². The van der Waals surface area contributed by atoms with Crippen LogP contribution in [0.2, 0.25) is 0 Å². The molecule has 7 heteroatoms. The van der Waals surface area contributed by atoms with E-state index in [-0.39, 0.29) is 6.61 Å². The van der Waals surface area contributed by atoms with E-state index in [4.69, 9.17) is 17.0 Å². The van der Waals surface area contributed by atoms with Gasteiger partial charge in [-0.3, -0.25) is 0 Å². The summed E-state index contributed by atoms with van der Waals surface area (Å²) in [5.41, 5.74) is 1.95. The molecule has 0 aliphatic rings. The van der Waals surface area contributed by atoms with Gasteiger partial charge >= 0.3 is 5.97 Å². The fourth-order valence-corrected chi connectivity index (χ4v) is 2.60. The van der Waals surface area contributed by atoms with Gasteiger partial charge in [0.15, 0.2) is 10.9 Å². The highest BCUT2D eigenvalue weighted by molar-refractivity contribution is 7.80. The quantitative estimate of drug-likeness (QED) is 0.528. The molecule has 0 aliphatic carbocycles. The number of thiocarbonyl (C=S) groups is 1. The van der Waals surface area contributed by atoms with Crippen LogP contribution in [0.4, 0.5) is 11.5 Å². The second-order valence-corrected chi connectivity index (χ2v) is 5.73. The fraction of sp³-hybridized carbons (Fsp3) is 0.105. The Morgan fingerprint density at radius 3 is 2.38 bits per heavy atom. The van der Waals surface area contributed by atoms with Crippen molar-refractivity contribution in [2.24, 2.45) is 0 Å². The monoisotopic (exact) mass is 366 g/mol. The Labute approximate surface area is 156 Å². The topological polar surface area (TPSA) is 68.2 Å². The number of aromatic nitrogens is 2. The summed E-state index contributed by atoms with van der Waals surface area (Å²) in [7, 11) is 0. The highest BCUT2D eigenvalue weighted by Crippen LogP contribution is 2.21. The zero-order valence-electron chi connectivity index (χ0n) is 14.2. The lowest BCUT2D eigenvalue weighted by atomic mass is 10.3. The van der Waals surface area contributed by atoms with E-state index >= 15 is 0 Å². The first kappa shape index (κ1) is 17.6. The molecule has 0 unspecified atom stereocenters. The zero-order valence-corrected chi connectivity index (χ0v) is 15.0. The van der Waals surface area contributed by atoms with Crippen molar-refractivity contribution >= 4 is 34.8 Å². The number of esters is 1. The molecule has 3 rings (SSSR count). The van der Waals surface area contributed by atoms with Crippen LogP contribution in [0.5, 0.6) is 0 Å². The Kier molecular flexibility index (Phi) is 5.60. The third kappa shape index (κ3) is 4.07. The van der Waals surface area contributed by atoms with Gasteiger partial charge in [0.05, 0.1) is 18.5 Å². The number of hydrogen-bond donors (Lipinski definition) is 2. The molecule has 0 aliphatic heterocycles. The third-order valence-electron chi connectivity index (χ3n) is 3.53. The zero-order chi connectivity index (χ0) is 18.4.